The van der Waals surface area contributed by atoms with Gasteiger partial charge in [0.05, 0.1) is 5.56 Å². The number of phenolic OH excluding ortho intramolecular Hbond substituents is 1. The monoisotopic (exact) mass is 392 g/mol. The topological polar surface area (TPSA) is 105 Å². The van der Waals surface area contributed by atoms with Crippen LogP contribution < -0.4 is 5.73 Å². The minimum absolute atomic E-state index is 0.136. The largest absolute Gasteiger partial charge is 0.507 e. The molecule has 0 spiro atoms. The first-order valence-corrected chi connectivity index (χ1v) is 8.68. The van der Waals surface area contributed by atoms with Gasteiger partial charge in [-0.1, -0.05) is 6.42 Å². The Morgan fingerprint density at radius 1 is 1.11 bits per heavy atom. The van der Waals surface area contributed by atoms with E-state index in [1.807, 2.05) is 0 Å². The predicted molar refractivity (Wildman–Crippen MR) is 98.3 cm³/mol. The van der Waals surface area contributed by atoms with Crippen molar-refractivity contribution < 1.29 is 23.4 Å². The maximum absolute atomic E-state index is 12.6. The lowest BCUT2D eigenvalue weighted by atomic mass is 9.86. The first-order chi connectivity index (χ1) is 13.3. The van der Waals surface area contributed by atoms with Crippen LogP contribution in [0.2, 0.25) is 0 Å². The second kappa shape index (κ2) is 7.97. The van der Waals surface area contributed by atoms with E-state index in [0.29, 0.717) is 29.4 Å². The molecule has 0 aliphatic heterocycles. The van der Waals surface area contributed by atoms with E-state index < -0.39 is 17.5 Å². The van der Waals surface area contributed by atoms with E-state index in [-0.39, 0.29) is 17.1 Å². The van der Waals surface area contributed by atoms with Crippen molar-refractivity contribution >= 4 is 16.6 Å². The lowest BCUT2D eigenvalue weighted by molar-refractivity contribution is -0.137. The lowest BCUT2D eigenvalue weighted by Gasteiger charge is -2.21. The number of fused-ring (bicyclic) bond motifs is 1. The number of benzene rings is 1. The molecule has 1 aliphatic carbocycles. The summed E-state index contributed by atoms with van der Waals surface area (Å²) in [6.07, 6.45) is 2.30. The summed E-state index contributed by atoms with van der Waals surface area (Å²) in [4.78, 5) is 3.92. The number of aliphatic hydroxyl groups excluding tert-OH is 1. The van der Waals surface area contributed by atoms with Crippen LogP contribution in [0.4, 0.5) is 19.0 Å². The van der Waals surface area contributed by atoms with Crippen LogP contribution in [-0.2, 0) is 6.18 Å². The first-order valence-electron chi connectivity index (χ1n) is 8.68. The smallest absolute Gasteiger partial charge is 0.416 e. The van der Waals surface area contributed by atoms with E-state index in [0.717, 1.165) is 12.1 Å². The van der Waals surface area contributed by atoms with Gasteiger partial charge < -0.3 is 15.9 Å². The number of aliphatic hydroxyl groups is 1. The highest BCUT2D eigenvalue weighted by Gasteiger charge is 2.31. The highest BCUT2D eigenvalue weighted by atomic mass is 19.4. The second-order valence-corrected chi connectivity index (χ2v) is 6.56. The number of alkyl halides is 3. The van der Waals surface area contributed by atoms with Crippen LogP contribution in [0.3, 0.4) is 0 Å². The highest BCUT2D eigenvalue weighted by Crippen LogP contribution is 2.38. The van der Waals surface area contributed by atoms with Gasteiger partial charge in [-0.3, -0.25) is 4.98 Å². The number of phenols is 1. The van der Waals surface area contributed by atoms with Gasteiger partial charge in [0, 0.05) is 35.3 Å². The number of hydrogen-bond acceptors (Lipinski definition) is 6. The number of rotatable bonds is 2. The number of aromatic hydroxyl groups is 1. The van der Waals surface area contributed by atoms with Gasteiger partial charge in [0.15, 0.2) is 5.82 Å². The molecule has 1 saturated carbocycles. The summed E-state index contributed by atoms with van der Waals surface area (Å²) in [5, 5.41) is 27.0. The van der Waals surface area contributed by atoms with Gasteiger partial charge in [-0.25, -0.2) is 0 Å². The summed E-state index contributed by atoms with van der Waals surface area (Å²) in [6.45, 7) is 0.417. The van der Waals surface area contributed by atoms with Crippen LogP contribution in [0.5, 0.6) is 5.75 Å². The van der Waals surface area contributed by atoms with Crippen LogP contribution in [0.1, 0.15) is 24.8 Å². The maximum atomic E-state index is 12.6. The van der Waals surface area contributed by atoms with Crippen LogP contribution in [0, 0.1) is 5.92 Å². The molecule has 6 nitrogen and oxygen atoms in total. The molecule has 0 bridgehead atoms. The molecular formula is C19H19F3N4O2. The third-order valence-corrected chi connectivity index (χ3v) is 4.67. The van der Waals surface area contributed by atoms with Crippen LogP contribution in [0.15, 0.2) is 36.7 Å². The molecule has 28 heavy (non-hydrogen) atoms. The van der Waals surface area contributed by atoms with Gasteiger partial charge >= 0.3 is 6.18 Å². The minimum atomic E-state index is -4.53. The van der Waals surface area contributed by atoms with E-state index in [9.17, 15) is 18.3 Å². The molecule has 2 aromatic heterocycles. The normalized spacial score (nSPS) is 14.3. The summed E-state index contributed by atoms with van der Waals surface area (Å²) < 4.78 is 37.9. The van der Waals surface area contributed by atoms with Gasteiger partial charge in [-0.15, -0.1) is 10.2 Å². The number of nitrogen functional groups attached to an aromatic ring is 1. The molecule has 3 aromatic rings. The molecule has 148 valence electrons. The number of nitrogens with two attached hydrogens (primary N) is 1. The molecule has 4 rings (SSSR count). The van der Waals surface area contributed by atoms with E-state index >= 15 is 0 Å². The van der Waals surface area contributed by atoms with Crippen molar-refractivity contribution in [2.45, 2.75) is 25.4 Å². The Bertz CT molecular complexity index is 972. The Labute approximate surface area is 158 Å². The SMILES string of the molecule is Nc1nnc(-c2ccc(C(F)(F)F)cc2O)c2ccncc12.OCC1CCC1. The number of aromatic nitrogens is 3. The molecular weight excluding hydrogens is 373 g/mol. The van der Waals surface area contributed by atoms with Crippen molar-refractivity contribution in [2.24, 2.45) is 5.92 Å². The molecule has 1 fully saturated rings. The number of hydrogen-bond donors (Lipinski definition) is 3. The first kappa shape index (κ1) is 19.8. The van der Waals surface area contributed by atoms with Crippen molar-refractivity contribution in [2.75, 3.05) is 12.3 Å². The van der Waals surface area contributed by atoms with Gasteiger partial charge in [0.2, 0.25) is 0 Å². The number of anilines is 1. The Morgan fingerprint density at radius 2 is 1.86 bits per heavy atom. The van der Waals surface area contributed by atoms with Gasteiger partial charge in [-0.2, -0.15) is 13.2 Å². The van der Waals surface area contributed by atoms with Crippen molar-refractivity contribution in [3.63, 3.8) is 0 Å². The summed E-state index contributed by atoms with van der Waals surface area (Å²) in [7, 11) is 0. The molecule has 0 saturated heterocycles. The van der Waals surface area contributed by atoms with E-state index in [4.69, 9.17) is 10.8 Å². The molecule has 0 amide bonds. The molecule has 1 aromatic carbocycles. The Kier molecular flexibility index (Phi) is 5.64. The number of pyridine rings is 1. The second-order valence-electron chi connectivity index (χ2n) is 6.56. The summed E-state index contributed by atoms with van der Waals surface area (Å²) in [6, 6.07) is 4.28. The van der Waals surface area contributed by atoms with Crippen molar-refractivity contribution in [3.05, 3.63) is 42.2 Å². The molecule has 4 N–H and O–H groups in total. The fourth-order valence-corrected chi connectivity index (χ4v) is 2.80. The maximum Gasteiger partial charge on any atom is 0.416 e. The zero-order valence-corrected chi connectivity index (χ0v) is 14.8. The quantitative estimate of drug-likeness (QED) is 0.613. The Balaban J connectivity index is 0.000000320. The van der Waals surface area contributed by atoms with Gasteiger partial charge in [-0.05, 0) is 43.0 Å². The molecule has 1 aliphatic rings. The summed E-state index contributed by atoms with van der Waals surface area (Å²) in [5.41, 5.74) is 5.13. The molecule has 0 radical (unpaired) electrons. The van der Waals surface area contributed by atoms with Crippen molar-refractivity contribution in [1.29, 1.82) is 0 Å². The van der Waals surface area contributed by atoms with E-state index in [1.54, 1.807) is 6.07 Å². The highest BCUT2D eigenvalue weighted by molar-refractivity contribution is 5.99. The standard InChI is InChI=1S/C14H9F3N4O.C5H10O/c15-14(16,17)7-1-2-9(11(22)5-7)12-8-3-4-19-6-10(8)13(18)21-20-12;6-4-5-2-1-3-5/h1-6,22H,(H2,18,21);5-6H,1-4H2. The summed E-state index contributed by atoms with van der Waals surface area (Å²) in [5.74, 6) is 0.287. The molecule has 0 unspecified atom stereocenters. The zero-order valence-electron chi connectivity index (χ0n) is 14.8. The Morgan fingerprint density at radius 3 is 2.39 bits per heavy atom. The van der Waals surface area contributed by atoms with Crippen LogP contribution in [-0.4, -0.2) is 32.0 Å². The number of nitrogens with zero attached hydrogens (tertiary/aromatic N) is 3. The minimum Gasteiger partial charge on any atom is -0.507 e. The van der Waals surface area contributed by atoms with Crippen LogP contribution in [0.25, 0.3) is 22.0 Å². The average molecular weight is 392 g/mol. The molecule has 0 atom stereocenters. The zero-order chi connectivity index (χ0) is 20.3. The fourth-order valence-electron chi connectivity index (χ4n) is 2.80. The van der Waals surface area contributed by atoms with Crippen LogP contribution >= 0.6 is 0 Å². The third-order valence-electron chi connectivity index (χ3n) is 4.67. The van der Waals surface area contributed by atoms with Crippen molar-refractivity contribution in [1.82, 2.24) is 15.2 Å². The number of halogens is 3. The van der Waals surface area contributed by atoms with Crippen molar-refractivity contribution in [3.8, 4) is 17.0 Å². The third kappa shape index (κ3) is 4.14. The van der Waals surface area contributed by atoms with E-state index in [2.05, 4.69) is 15.2 Å². The summed E-state index contributed by atoms with van der Waals surface area (Å²) >= 11 is 0. The lowest BCUT2D eigenvalue weighted by Crippen LogP contribution is -2.14. The fraction of sp³-hybridized carbons (Fsp3) is 0.316. The molecule has 2 heterocycles. The predicted octanol–water partition coefficient (Wildman–Crippen LogP) is 3.78. The Hall–Kier alpha value is -2.94. The van der Waals surface area contributed by atoms with Gasteiger partial charge in [0.25, 0.3) is 0 Å². The van der Waals surface area contributed by atoms with E-state index in [1.165, 1.54) is 31.7 Å². The van der Waals surface area contributed by atoms with Gasteiger partial charge in [0.1, 0.15) is 11.4 Å². The molecule has 9 heteroatoms. The average Bonchev–Trinajstić information content (AvgIpc) is 2.62.